The largest absolute Gasteiger partial charge is 0.276 e. The molecule has 0 atom stereocenters. The van der Waals surface area contributed by atoms with Gasteiger partial charge in [0.25, 0.3) is 5.24 Å². The van der Waals surface area contributed by atoms with Crippen LogP contribution in [0.15, 0.2) is 36.4 Å². The summed E-state index contributed by atoms with van der Waals surface area (Å²) in [6.45, 7) is 0. The van der Waals surface area contributed by atoms with E-state index < -0.39 is 5.24 Å². The second-order valence-corrected chi connectivity index (χ2v) is 3.84. The molecule has 0 aromatic heterocycles. The lowest BCUT2D eigenvalue weighted by molar-refractivity contribution is 0.108. The third-order valence-electron chi connectivity index (χ3n) is 2.35. The van der Waals surface area contributed by atoms with Crippen molar-refractivity contribution >= 4 is 39.2 Å². The second kappa shape index (κ2) is 4.21. The average Bonchev–Trinajstić information content (AvgIpc) is 2.27. The fraction of sp³-hybridized carbons (Fsp3) is 0.0833. The van der Waals surface area contributed by atoms with E-state index in [9.17, 15) is 4.79 Å². The molecule has 0 bridgehead atoms. The van der Waals surface area contributed by atoms with Gasteiger partial charge in [0, 0.05) is 11.4 Å². The van der Waals surface area contributed by atoms with E-state index >= 15 is 0 Å². The first kappa shape index (κ1) is 10.5. The Bertz CT molecular complexity index is 515. The Hall–Kier alpha value is -1.05. The maximum absolute atomic E-state index is 11.2. The molecule has 2 aromatic rings. The fourth-order valence-corrected chi connectivity index (χ4v) is 2.07. The first-order chi connectivity index (χ1) is 7.24. The molecular weight excluding hydrogens is 231 g/mol. The zero-order chi connectivity index (χ0) is 10.8. The molecule has 0 amide bonds. The Labute approximate surface area is 97.6 Å². The summed E-state index contributed by atoms with van der Waals surface area (Å²) in [5.74, 6) is 0.374. The molecule has 0 spiro atoms. The molecule has 0 saturated carbocycles. The molecule has 0 N–H and O–H groups in total. The second-order valence-electron chi connectivity index (χ2n) is 3.23. The minimum absolute atomic E-state index is 0.374. The highest BCUT2D eigenvalue weighted by atomic mass is 35.5. The molecule has 15 heavy (non-hydrogen) atoms. The van der Waals surface area contributed by atoms with Gasteiger partial charge in [-0.2, -0.15) is 0 Å². The number of hydrogen-bond acceptors (Lipinski definition) is 1. The topological polar surface area (TPSA) is 17.1 Å². The smallest absolute Gasteiger partial charge is 0.253 e. The van der Waals surface area contributed by atoms with E-state index in [1.165, 1.54) is 0 Å². The highest BCUT2D eigenvalue weighted by Gasteiger charge is 2.09. The number of carbonyl (C=O) groups excluding carboxylic acids is 1. The van der Waals surface area contributed by atoms with Crippen LogP contribution in [0, 0.1) is 0 Å². The summed E-state index contributed by atoms with van der Waals surface area (Å²) >= 11 is 11.4. The Balaban J connectivity index is 2.87. The highest BCUT2D eigenvalue weighted by molar-refractivity contribution is 6.68. The third-order valence-corrected chi connectivity index (χ3v) is 2.84. The Morgan fingerprint density at radius 2 is 1.80 bits per heavy atom. The molecule has 3 heteroatoms. The van der Waals surface area contributed by atoms with Crippen LogP contribution in [-0.2, 0) is 5.88 Å². The van der Waals surface area contributed by atoms with E-state index in [0.717, 1.165) is 16.3 Å². The summed E-state index contributed by atoms with van der Waals surface area (Å²) in [4.78, 5) is 11.2. The summed E-state index contributed by atoms with van der Waals surface area (Å²) in [5, 5.41) is 1.40. The molecule has 0 heterocycles. The first-order valence-corrected chi connectivity index (χ1v) is 5.41. The number of carbonyl (C=O) groups is 1. The van der Waals surface area contributed by atoms with Gasteiger partial charge in [0.2, 0.25) is 0 Å². The normalized spacial score (nSPS) is 10.5. The number of alkyl halides is 1. The first-order valence-electron chi connectivity index (χ1n) is 4.50. The van der Waals surface area contributed by atoms with Crippen LogP contribution in [0.5, 0.6) is 0 Å². The van der Waals surface area contributed by atoms with Gasteiger partial charge >= 0.3 is 0 Å². The van der Waals surface area contributed by atoms with Crippen molar-refractivity contribution in [1.29, 1.82) is 0 Å². The molecule has 2 rings (SSSR count). The Morgan fingerprint density at radius 3 is 2.40 bits per heavy atom. The van der Waals surface area contributed by atoms with Gasteiger partial charge in [-0.05, 0) is 34.0 Å². The summed E-state index contributed by atoms with van der Waals surface area (Å²) in [6, 6.07) is 11.2. The van der Waals surface area contributed by atoms with Gasteiger partial charge in [-0.25, -0.2) is 0 Å². The van der Waals surface area contributed by atoms with Gasteiger partial charge in [-0.3, -0.25) is 4.79 Å². The third kappa shape index (κ3) is 1.85. The SMILES string of the molecule is O=C(Cl)c1cccc2cccc(CCl)c12. The lowest BCUT2D eigenvalue weighted by Crippen LogP contribution is -1.93. The lowest BCUT2D eigenvalue weighted by atomic mass is 10.0. The van der Waals surface area contributed by atoms with Crippen LogP contribution in [0.1, 0.15) is 15.9 Å². The van der Waals surface area contributed by atoms with E-state index in [4.69, 9.17) is 23.2 Å². The van der Waals surface area contributed by atoms with Crippen LogP contribution in [0.2, 0.25) is 0 Å². The number of hydrogen-bond donors (Lipinski definition) is 0. The molecule has 0 unspecified atom stereocenters. The molecule has 0 radical (unpaired) electrons. The van der Waals surface area contributed by atoms with Crippen molar-refractivity contribution in [1.82, 2.24) is 0 Å². The van der Waals surface area contributed by atoms with Crippen molar-refractivity contribution in [3.05, 3.63) is 47.5 Å². The standard InChI is InChI=1S/C12H8Cl2O/c13-7-9-5-1-3-8-4-2-6-10(11(8)9)12(14)15/h1-6H,7H2. The van der Waals surface area contributed by atoms with E-state index in [2.05, 4.69) is 0 Å². The lowest BCUT2D eigenvalue weighted by Gasteiger charge is -2.06. The zero-order valence-electron chi connectivity index (χ0n) is 7.84. The maximum atomic E-state index is 11.2. The monoisotopic (exact) mass is 238 g/mol. The van der Waals surface area contributed by atoms with Gasteiger partial charge in [-0.1, -0.05) is 30.3 Å². The number of benzene rings is 2. The maximum Gasteiger partial charge on any atom is 0.253 e. The predicted molar refractivity (Wildman–Crippen MR) is 63.7 cm³/mol. The summed E-state index contributed by atoms with van der Waals surface area (Å²) in [6.07, 6.45) is 0. The molecule has 2 aromatic carbocycles. The quantitative estimate of drug-likeness (QED) is 0.572. The van der Waals surface area contributed by atoms with Crippen molar-refractivity contribution in [2.75, 3.05) is 0 Å². The number of rotatable bonds is 2. The van der Waals surface area contributed by atoms with E-state index in [-0.39, 0.29) is 0 Å². The number of fused-ring (bicyclic) bond motifs is 1. The van der Waals surface area contributed by atoms with Crippen molar-refractivity contribution in [3.8, 4) is 0 Å². The van der Waals surface area contributed by atoms with E-state index in [1.54, 1.807) is 6.07 Å². The van der Waals surface area contributed by atoms with Gasteiger partial charge in [0.15, 0.2) is 0 Å². The van der Waals surface area contributed by atoms with Crippen molar-refractivity contribution in [2.45, 2.75) is 5.88 Å². The minimum atomic E-state index is -0.446. The van der Waals surface area contributed by atoms with Gasteiger partial charge in [0.05, 0.1) is 0 Å². The molecular formula is C12H8Cl2O. The van der Waals surface area contributed by atoms with Crippen LogP contribution in [0.3, 0.4) is 0 Å². The zero-order valence-corrected chi connectivity index (χ0v) is 9.35. The molecule has 0 aliphatic carbocycles. The fourth-order valence-electron chi connectivity index (χ4n) is 1.69. The minimum Gasteiger partial charge on any atom is -0.276 e. The highest BCUT2D eigenvalue weighted by Crippen LogP contribution is 2.25. The van der Waals surface area contributed by atoms with Gasteiger partial charge in [0.1, 0.15) is 0 Å². The van der Waals surface area contributed by atoms with Gasteiger partial charge < -0.3 is 0 Å². The van der Waals surface area contributed by atoms with Crippen LogP contribution in [-0.4, -0.2) is 5.24 Å². The van der Waals surface area contributed by atoms with Crippen LogP contribution >= 0.6 is 23.2 Å². The van der Waals surface area contributed by atoms with Crippen LogP contribution in [0.4, 0.5) is 0 Å². The van der Waals surface area contributed by atoms with Crippen LogP contribution < -0.4 is 0 Å². The van der Waals surface area contributed by atoms with Gasteiger partial charge in [-0.15, -0.1) is 11.6 Å². The van der Waals surface area contributed by atoms with E-state index in [1.807, 2.05) is 30.3 Å². The molecule has 0 aliphatic rings. The van der Waals surface area contributed by atoms with Crippen LogP contribution in [0.25, 0.3) is 10.8 Å². The van der Waals surface area contributed by atoms with Crippen molar-refractivity contribution < 1.29 is 4.79 Å². The number of halogens is 2. The molecule has 1 nitrogen and oxygen atoms in total. The molecule has 0 aliphatic heterocycles. The average molecular weight is 239 g/mol. The molecule has 76 valence electrons. The molecule has 0 saturated heterocycles. The molecule has 0 fully saturated rings. The summed E-state index contributed by atoms with van der Waals surface area (Å²) in [5.41, 5.74) is 1.45. The summed E-state index contributed by atoms with van der Waals surface area (Å²) in [7, 11) is 0. The Kier molecular flexibility index (Phi) is 2.94. The van der Waals surface area contributed by atoms with Crippen molar-refractivity contribution in [3.63, 3.8) is 0 Å². The van der Waals surface area contributed by atoms with E-state index in [0.29, 0.717) is 11.4 Å². The Morgan fingerprint density at radius 1 is 1.13 bits per heavy atom. The predicted octanol–water partition coefficient (Wildman–Crippen LogP) is 3.96. The summed E-state index contributed by atoms with van der Waals surface area (Å²) < 4.78 is 0. The van der Waals surface area contributed by atoms with Crippen molar-refractivity contribution in [2.24, 2.45) is 0 Å².